The largest absolute Gasteiger partial charge is 0.492 e. The lowest BCUT2D eigenvalue weighted by atomic mass is 9.87. The number of aromatic nitrogens is 1. The molecule has 35 heavy (non-hydrogen) atoms. The van der Waals surface area contributed by atoms with Crippen molar-refractivity contribution < 1.29 is 18.3 Å². The highest BCUT2D eigenvalue weighted by molar-refractivity contribution is 5.96. The minimum atomic E-state index is -0.558. The fourth-order valence-electron chi connectivity index (χ4n) is 5.41. The number of nitrogens with zero attached hydrogens (tertiary/aromatic N) is 1. The zero-order valence-electron chi connectivity index (χ0n) is 20.4. The number of carbonyl (C=O) groups is 1. The molecule has 2 N–H and O–H groups in total. The standard InChI is InChI=1S/C28H33F2N3O2/c1-17(2)32-28(34)22-9-4-10-26-24(22)14-21(16-35-26)33(20-7-3-8-20)11-5-6-18-15-31-27-23(18)12-19(29)13-25(27)30/h4,9-10,12-13,15,17,20-21,31H,3,5-8,11,14,16H2,1-2H3,(H,32,34). The number of carbonyl (C=O) groups excluding carboxylic acids is 1. The molecule has 186 valence electrons. The molecule has 1 atom stereocenters. The second-order valence-corrected chi connectivity index (χ2v) is 10.1. The first-order chi connectivity index (χ1) is 16.9. The van der Waals surface area contributed by atoms with Crippen molar-refractivity contribution in [2.75, 3.05) is 13.2 Å². The van der Waals surface area contributed by atoms with Crippen LogP contribution >= 0.6 is 0 Å². The van der Waals surface area contributed by atoms with Gasteiger partial charge in [-0.25, -0.2) is 8.78 Å². The Labute approximate surface area is 204 Å². The van der Waals surface area contributed by atoms with E-state index in [4.69, 9.17) is 4.74 Å². The van der Waals surface area contributed by atoms with Crippen LogP contribution in [-0.2, 0) is 12.8 Å². The normalized spacial score (nSPS) is 17.9. The molecule has 3 aromatic rings. The van der Waals surface area contributed by atoms with Crippen molar-refractivity contribution in [2.24, 2.45) is 0 Å². The maximum Gasteiger partial charge on any atom is 0.251 e. The van der Waals surface area contributed by atoms with E-state index in [0.717, 1.165) is 48.8 Å². The summed E-state index contributed by atoms with van der Waals surface area (Å²) in [5, 5.41) is 3.63. The molecule has 2 aromatic carbocycles. The lowest BCUT2D eigenvalue weighted by Gasteiger charge is -2.44. The number of aryl methyl sites for hydroxylation is 1. The Morgan fingerprint density at radius 3 is 2.80 bits per heavy atom. The molecular weight excluding hydrogens is 448 g/mol. The van der Waals surface area contributed by atoms with Gasteiger partial charge in [0.2, 0.25) is 0 Å². The molecule has 0 bridgehead atoms. The van der Waals surface area contributed by atoms with Crippen molar-refractivity contribution >= 4 is 16.8 Å². The van der Waals surface area contributed by atoms with E-state index in [1.165, 1.54) is 25.3 Å². The molecular formula is C28H33F2N3O2. The van der Waals surface area contributed by atoms with E-state index in [1.54, 1.807) is 6.20 Å². The van der Waals surface area contributed by atoms with Gasteiger partial charge in [-0.3, -0.25) is 9.69 Å². The number of aromatic amines is 1. The summed E-state index contributed by atoms with van der Waals surface area (Å²) < 4.78 is 34.0. The van der Waals surface area contributed by atoms with Crippen molar-refractivity contribution in [3.05, 3.63) is 64.9 Å². The van der Waals surface area contributed by atoms with Gasteiger partial charge in [-0.15, -0.1) is 0 Å². The number of amides is 1. The average molecular weight is 482 g/mol. The van der Waals surface area contributed by atoms with Crippen LogP contribution in [-0.4, -0.2) is 47.1 Å². The van der Waals surface area contributed by atoms with E-state index in [2.05, 4.69) is 15.2 Å². The van der Waals surface area contributed by atoms with Gasteiger partial charge < -0.3 is 15.0 Å². The first kappa shape index (κ1) is 23.8. The lowest BCUT2D eigenvalue weighted by Crippen LogP contribution is -2.51. The van der Waals surface area contributed by atoms with Crippen LogP contribution in [0.5, 0.6) is 5.75 Å². The molecule has 5 rings (SSSR count). The van der Waals surface area contributed by atoms with Gasteiger partial charge in [0.1, 0.15) is 24.0 Å². The van der Waals surface area contributed by atoms with Gasteiger partial charge >= 0.3 is 0 Å². The maximum atomic E-state index is 14.1. The Kier molecular flexibility index (Phi) is 6.78. The van der Waals surface area contributed by atoms with E-state index < -0.39 is 11.6 Å². The Bertz CT molecular complexity index is 1220. The Morgan fingerprint density at radius 1 is 1.23 bits per heavy atom. The number of fused-ring (bicyclic) bond motifs is 2. The third-order valence-corrected chi connectivity index (χ3v) is 7.34. The minimum Gasteiger partial charge on any atom is -0.492 e. The van der Waals surface area contributed by atoms with E-state index in [1.807, 2.05) is 32.0 Å². The van der Waals surface area contributed by atoms with Crippen molar-refractivity contribution in [1.29, 1.82) is 0 Å². The number of benzene rings is 2. The summed E-state index contributed by atoms with van der Waals surface area (Å²) in [5.74, 6) is -0.371. The van der Waals surface area contributed by atoms with Gasteiger partial charge in [-0.05, 0) is 76.3 Å². The van der Waals surface area contributed by atoms with Crippen molar-refractivity contribution in [1.82, 2.24) is 15.2 Å². The van der Waals surface area contributed by atoms with E-state index in [0.29, 0.717) is 29.1 Å². The molecule has 5 nitrogen and oxygen atoms in total. The molecule has 1 aliphatic carbocycles. The summed E-state index contributed by atoms with van der Waals surface area (Å²) in [6.45, 7) is 5.39. The zero-order valence-corrected chi connectivity index (χ0v) is 20.4. The summed E-state index contributed by atoms with van der Waals surface area (Å²) >= 11 is 0. The lowest BCUT2D eigenvalue weighted by molar-refractivity contribution is 0.0434. The molecule has 0 radical (unpaired) electrons. The molecule has 2 heterocycles. The molecule has 1 unspecified atom stereocenters. The molecule has 0 saturated heterocycles. The molecule has 1 aliphatic heterocycles. The van der Waals surface area contributed by atoms with Crippen LogP contribution < -0.4 is 10.1 Å². The van der Waals surface area contributed by atoms with Crippen LogP contribution in [0.2, 0.25) is 0 Å². The van der Waals surface area contributed by atoms with Gasteiger partial charge in [0.05, 0.1) is 5.52 Å². The minimum absolute atomic E-state index is 0.0601. The molecule has 0 spiro atoms. The molecule has 1 aromatic heterocycles. The molecule has 1 fully saturated rings. The highest BCUT2D eigenvalue weighted by atomic mass is 19.1. The molecule has 2 aliphatic rings. The third kappa shape index (κ3) is 4.92. The van der Waals surface area contributed by atoms with Crippen LogP contribution in [0.1, 0.15) is 61.0 Å². The van der Waals surface area contributed by atoms with Gasteiger partial charge in [-0.1, -0.05) is 12.5 Å². The summed E-state index contributed by atoms with van der Waals surface area (Å²) in [6, 6.07) is 8.80. The van der Waals surface area contributed by atoms with Crippen molar-refractivity contribution in [3.8, 4) is 5.75 Å². The number of hydrogen-bond acceptors (Lipinski definition) is 3. The SMILES string of the molecule is CC(C)NC(=O)c1cccc2c1CC(N(CCCc1c[nH]c3c(F)cc(F)cc13)C1CCC1)CO2. The van der Waals surface area contributed by atoms with Gasteiger partial charge in [0.25, 0.3) is 5.91 Å². The zero-order chi connectivity index (χ0) is 24.5. The fourth-order valence-corrected chi connectivity index (χ4v) is 5.41. The molecule has 1 amide bonds. The van der Waals surface area contributed by atoms with E-state index in [9.17, 15) is 13.6 Å². The Morgan fingerprint density at radius 2 is 2.06 bits per heavy atom. The third-order valence-electron chi connectivity index (χ3n) is 7.34. The number of nitrogens with one attached hydrogen (secondary N) is 2. The average Bonchev–Trinajstić information content (AvgIpc) is 3.19. The topological polar surface area (TPSA) is 57.4 Å². The van der Waals surface area contributed by atoms with Crippen LogP contribution in [0, 0.1) is 11.6 Å². The number of rotatable bonds is 8. The predicted molar refractivity (Wildman–Crippen MR) is 133 cm³/mol. The van der Waals surface area contributed by atoms with Crippen LogP contribution in [0.4, 0.5) is 8.78 Å². The number of H-pyrrole nitrogens is 1. The van der Waals surface area contributed by atoms with Crippen molar-refractivity contribution in [2.45, 2.75) is 70.5 Å². The van der Waals surface area contributed by atoms with Crippen LogP contribution in [0.25, 0.3) is 10.9 Å². The first-order valence-electron chi connectivity index (χ1n) is 12.7. The predicted octanol–water partition coefficient (Wildman–Crippen LogP) is 5.38. The number of halogens is 2. The summed E-state index contributed by atoms with van der Waals surface area (Å²) in [6.07, 6.45) is 7.75. The maximum absolute atomic E-state index is 14.1. The van der Waals surface area contributed by atoms with E-state index in [-0.39, 0.29) is 18.0 Å². The number of ether oxygens (including phenoxy) is 1. The Hall–Kier alpha value is -2.93. The highest BCUT2D eigenvalue weighted by Crippen LogP contribution is 2.34. The quantitative estimate of drug-likeness (QED) is 0.455. The Balaban J connectivity index is 1.31. The van der Waals surface area contributed by atoms with Gasteiger partial charge in [0, 0.05) is 46.9 Å². The summed E-state index contributed by atoms with van der Waals surface area (Å²) in [4.78, 5) is 18.3. The van der Waals surface area contributed by atoms with Gasteiger partial charge in [0.15, 0.2) is 0 Å². The van der Waals surface area contributed by atoms with E-state index >= 15 is 0 Å². The fraction of sp³-hybridized carbons (Fsp3) is 0.464. The molecule has 1 saturated carbocycles. The summed E-state index contributed by atoms with van der Waals surface area (Å²) in [7, 11) is 0. The summed E-state index contributed by atoms with van der Waals surface area (Å²) in [5.41, 5.74) is 2.97. The first-order valence-corrected chi connectivity index (χ1v) is 12.7. The highest BCUT2D eigenvalue weighted by Gasteiger charge is 2.34. The van der Waals surface area contributed by atoms with Crippen LogP contribution in [0.3, 0.4) is 0 Å². The molecule has 7 heteroatoms. The second kappa shape index (κ2) is 9.97. The smallest absolute Gasteiger partial charge is 0.251 e. The van der Waals surface area contributed by atoms with Gasteiger partial charge in [-0.2, -0.15) is 0 Å². The number of hydrogen-bond donors (Lipinski definition) is 2. The monoisotopic (exact) mass is 481 g/mol. The van der Waals surface area contributed by atoms with Crippen molar-refractivity contribution in [3.63, 3.8) is 0 Å². The van der Waals surface area contributed by atoms with Crippen LogP contribution in [0.15, 0.2) is 36.5 Å². The second-order valence-electron chi connectivity index (χ2n) is 10.1.